The van der Waals surface area contributed by atoms with E-state index in [2.05, 4.69) is 52.3 Å². The van der Waals surface area contributed by atoms with Gasteiger partial charge in [0.05, 0.1) is 15.1 Å². The first-order chi connectivity index (χ1) is 14.5. The number of carbonyl (C=O) groups is 2. The molecule has 2 N–H and O–H groups in total. The summed E-state index contributed by atoms with van der Waals surface area (Å²) >= 11 is 3.59. The number of halogens is 1. The monoisotopic (exact) mass is 538 g/mol. The molecule has 6 nitrogen and oxygen atoms in total. The molecule has 1 amide bonds. The third-order valence-corrected chi connectivity index (χ3v) is 6.17. The van der Waals surface area contributed by atoms with Crippen LogP contribution in [-0.2, 0) is 20.7 Å². The predicted octanol–water partition coefficient (Wildman–Crippen LogP) is 4.40. The van der Waals surface area contributed by atoms with Gasteiger partial charge in [0.1, 0.15) is 5.75 Å². The minimum Gasteiger partial charge on any atom is -0.481 e. The Bertz CT molecular complexity index is 947. The van der Waals surface area contributed by atoms with Gasteiger partial charge in [-0.1, -0.05) is 36.9 Å². The number of anilines is 1. The van der Waals surface area contributed by atoms with Crippen molar-refractivity contribution in [2.45, 2.75) is 25.8 Å². The van der Waals surface area contributed by atoms with Crippen molar-refractivity contribution < 1.29 is 19.1 Å². The van der Waals surface area contributed by atoms with Crippen LogP contribution in [0, 0.1) is 3.57 Å². The lowest BCUT2D eigenvalue weighted by atomic mass is 10.1. The van der Waals surface area contributed by atoms with Crippen molar-refractivity contribution in [3.8, 4) is 5.75 Å². The zero-order valence-corrected chi connectivity index (χ0v) is 19.7. The standard InChI is InChI=1S/C22H23IN2O4S/c1-3-14-5-8-16(9-6-14)24-22-25-21(27)19(30-22)12-15-7-10-18(17(23)11-15)29-13-20(26)28-4-2/h5-12,22,24H,3-4,13H2,1-2H3,(H,25,27)/b19-12-/t22-/m0/s1. The number of benzene rings is 2. The lowest BCUT2D eigenvalue weighted by molar-refractivity contribution is -0.145. The topological polar surface area (TPSA) is 76.7 Å². The first kappa shape index (κ1) is 22.5. The van der Waals surface area contributed by atoms with E-state index < -0.39 is 5.97 Å². The molecule has 1 heterocycles. The zero-order chi connectivity index (χ0) is 21.5. The number of carbonyl (C=O) groups excluding carboxylic acids is 2. The third kappa shape index (κ3) is 6.15. The van der Waals surface area contributed by atoms with E-state index in [4.69, 9.17) is 9.47 Å². The number of aryl methyl sites for hydroxylation is 1. The molecule has 8 heteroatoms. The van der Waals surface area contributed by atoms with Crippen LogP contribution in [0.5, 0.6) is 5.75 Å². The lowest BCUT2D eigenvalue weighted by Gasteiger charge is -2.12. The maximum atomic E-state index is 12.4. The molecule has 0 unspecified atom stereocenters. The molecule has 0 aliphatic carbocycles. The summed E-state index contributed by atoms with van der Waals surface area (Å²) in [4.78, 5) is 24.4. The van der Waals surface area contributed by atoms with E-state index in [0.29, 0.717) is 17.3 Å². The number of ether oxygens (including phenoxy) is 2. The van der Waals surface area contributed by atoms with Crippen molar-refractivity contribution in [2.24, 2.45) is 0 Å². The quantitative estimate of drug-likeness (QED) is 0.295. The molecule has 0 bridgehead atoms. The fourth-order valence-corrected chi connectivity index (χ4v) is 4.45. The Morgan fingerprint density at radius 1 is 1.23 bits per heavy atom. The molecule has 2 aromatic rings. The van der Waals surface area contributed by atoms with Crippen molar-refractivity contribution in [3.63, 3.8) is 0 Å². The summed E-state index contributed by atoms with van der Waals surface area (Å²) in [5.41, 5.74) is 2.90. The van der Waals surface area contributed by atoms with Gasteiger partial charge in [0.15, 0.2) is 12.1 Å². The van der Waals surface area contributed by atoms with Crippen LogP contribution in [-0.4, -0.2) is 30.6 Å². The number of amides is 1. The lowest BCUT2D eigenvalue weighted by Crippen LogP contribution is -2.30. The van der Waals surface area contributed by atoms with Crippen LogP contribution in [0.3, 0.4) is 0 Å². The number of rotatable bonds is 8. The fraction of sp³-hybridized carbons (Fsp3) is 0.273. The summed E-state index contributed by atoms with van der Waals surface area (Å²) in [5, 5.41) is 6.26. The van der Waals surface area contributed by atoms with Gasteiger partial charge in [0, 0.05) is 5.69 Å². The molecular formula is C22H23IN2O4S. The molecule has 3 rings (SSSR count). The van der Waals surface area contributed by atoms with Gasteiger partial charge in [-0.3, -0.25) is 4.79 Å². The van der Waals surface area contributed by atoms with Crippen molar-refractivity contribution in [3.05, 3.63) is 62.1 Å². The predicted molar refractivity (Wildman–Crippen MR) is 128 cm³/mol. The number of hydrogen-bond acceptors (Lipinski definition) is 6. The van der Waals surface area contributed by atoms with Gasteiger partial charge in [-0.05, 0) is 77.4 Å². The van der Waals surface area contributed by atoms with Gasteiger partial charge >= 0.3 is 5.97 Å². The van der Waals surface area contributed by atoms with Gasteiger partial charge in [-0.2, -0.15) is 0 Å². The SMILES string of the molecule is CCOC(=O)COc1ccc(/C=C2\S[C@@H](Nc3ccc(CC)cc3)NC2=O)cc1I. The normalized spacial score (nSPS) is 17.0. The first-order valence-corrected chi connectivity index (χ1v) is 11.6. The van der Waals surface area contributed by atoms with Gasteiger partial charge in [-0.25, -0.2) is 4.79 Å². The molecule has 158 valence electrons. The molecule has 1 atom stereocenters. The molecule has 1 aliphatic rings. The Kier molecular flexibility index (Phi) is 8.03. The summed E-state index contributed by atoms with van der Waals surface area (Å²) in [6.07, 6.45) is 2.84. The van der Waals surface area contributed by atoms with Crippen LogP contribution >= 0.6 is 34.4 Å². The summed E-state index contributed by atoms with van der Waals surface area (Å²) in [6, 6.07) is 13.7. The Morgan fingerprint density at radius 2 is 2.00 bits per heavy atom. The van der Waals surface area contributed by atoms with E-state index in [1.807, 2.05) is 30.3 Å². The maximum Gasteiger partial charge on any atom is 0.344 e. The fourth-order valence-electron chi connectivity index (χ4n) is 2.77. The number of esters is 1. The van der Waals surface area contributed by atoms with Crippen LogP contribution in [0.2, 0.25) is 0 Å². The van der Waals surface area contributed by atoms with Crippen LogP contribution in [0.25, 0.3) is 6.08 Å². The highest BCUT2D eigenvalue weighted by molar-refractivity contribution is 14.1. The van der Waals surface area contributed by atoms with E-state index in [-0.39, 0.29) is 18.0 Å². The summed E-state index contributed by atoms with van der Waals surface area (Å²) < 4.78 is 11.2. The van der Waals surface area contributed by atoms with Gasteiger partial charge in [0.25, 0.3) is 5.91 Å². The second-order valence-corrected chi connectivity index (χ2v) is 8.77. The molecule has 30 heavy (non-hydrogen) atoms. The van der Waals surface area contributed by atoms with Crippen molar-refractivity contribution >= 4 is 58.0 Å². The minimum atomic E-state index is -0.401. The van der Waals surface area contributed by atoms with Gasteiger partial charge in [0.2, 0.25) is 0 Å². The van der Waals surface area contributed by atoms with E-state index in [9.17, 15) is 9.59 Å². The smallest absolute Gasteiger partial charge is 0.344 e. The van der Waals surface area contributed by atoms with Gasteiger partial charge in [-0.15, -0.1) is 0 Å². The largest absolute Gasteiger partial charge is 0.481 e. The molecule has 2 aromatic carbocycles. The van der Waals surface area contributed by atoms with Crippen molar-refractivity contribution in [2.75, 3.05) is 18.5 Å². The Labute approximate surface area is 193 Å². The average Bonchev–Trinajstić information content (AvgIpc) is 3.07. The highest BCUT2D eigenvalue weighted by Gasteiger charge is 2.27. The summed E-state index contributed by atoms with van der Waals surface area (Å²) in [5.74, 6) is 0.0890. The van der Waals surface area contributed by atoms with Crippen LogP contribution in [0.15, 0.2) is 47.4 Å². The molecule has 1 saturated heterocycles. The molecule has 0 saturated carbocycles. The molecule has 0 aromatic heterocycles. The first-order valence-electron chi connectivity index (χ1n) is 9.61. The second-order valence-electron chi connectivity index (χ2n) is 6.46. The minimum absolute atomic E-state index is 0.111. The van der Waals surface area contributed by atoms with Crippen LogP contribution < -0.4 is 15.4 Å². The van der Waals surface area contributed by atoms with E-state index in [0.717, 1.165) is 21.2 Å². The average molecular weight is 538 g/mol. The van der Waals surface area contributed by atoms with Crippen molar-refractivity contribution in [1.29, 1.82) is 0 Å². The van der Waals surface area contributed by atoms with E-state index in [1.54, 1.807) is 13.0 Å². The van der Waals surface area contributed by atoms with E-state index in [1.165, 1.54) is 17.3 Å². The van der Waals surface area contributed by atoms with E-state index >= 15 is 0 Å². The zero-order valence-electron chi connectivity index (χ0n) is 16.7. The highest BCUT2D eigenvalue weighted by Crippen LogP contribution is 2.31. The third-order valence-electron chi connectivity index (χ3n) is 4.30. The number of nitrogens with one attached hydrogen (secondary N) is 2. The maximum absolute atomic E-state index is 12.4. The Balaban J connectivity index is 1.62. The molecule has 1 aliphatic heterocycles. The van der Waals surface area contributed by atoms with Gasteiger partial charge < -0.3 is 20.1 Å². The number of thioether (sulfide) groups is 1. The molecule has 0 spiro atoms. The Hall–Kier alpha value is -2.20. The Morgan fingerprint density at radius 3 is 2.67 bits per heavy atom. The number of hydrogen-bond donors (Lipinski definition) is 2. The van der Waals surface area contributed by atoms with Crippen LogP contribution in [0.1, 0.15) is 25.0 Å². The summed E-state index contributed by atoms with van der Waals surface area (Å²) in [6.45, 7) is 4.07. The van der Waals surface area contributed by atoms with Crippen LogP contribution in [0.4, 0.5) is 5.69 Å². The summed E-state index contributed by atoms with van der Waals surface area (Å²) in [7, 11) is 0. The highest BCUT2D eigenvalue weighted by atomic mass is 127. The second kappa shape index (κ2) is 10.7. The van der Waals surface area contributed by atoms with Crippen molar-refractivity contribution in [1.82, 2.24) is 5.32 Å². The molecule has 0 radical (unpaired) electrons. The molecule has 1 fully saturated rings. The molecular weight excluding hydrogens is 515 g/mol.